The number of anilines is 2. The van der Waals surface area contributed by atoms with Gasteiger partial charge in [-0.2, -0.15) is 4.37 Å². The lowest BCUT2D eigenvalue weighted by atomic mass is 10.00. The fourth-order valence-corrected chi connectivity index (χ4v) is 4.43. The molecule has 1 atom stereocenters. The summed E-state index contributed by atoms with van der Waals surface area (Å²) in [7, 11) is 0. The molecule has 0 aliphatic heterocycles. The number of hydrogen-bond acceptors (Lipinski definition) is 9. The monoisotopic (exact) mass is 525 g/mol. The number of nitrogen functional groups attached to an aromatic ring is 1. The van der Waals surface area contributed by atoms with E-state index in [0.29, 0.717) is 29.2 Å². The van der Waals surface area contributed by atoms with Gasteiger partial charge in [0.2, 0.25) is 5.91 Å². The van der Waals surface area contributed by atoms with Gasteiger partial charge in [-0.25, -0.2) is 0 Å². The zero-order valence-electron chi connectivity index (χ0n) is 20.3. The molecule has 0 spiro atoms. The molecular formula is C25H27N5O6S. The van der Waals surface area contributed by atoms with Crippen LogP contribution in [0.5, 0.6) is 5.75 Å². The predicted molar refractivity (Wildman–Crippen MR) is 138 cm³/mol. The van der Waals surface area contributed by atoms with Crippen molar-refractivity contribution < 1.29 is 29.0 Å². The molecule has 0 aliphatic rings. The molecule has 37 heavy (non-hydrogen) atoms. The number of nitrogens with zero attached hydrogens (tertiary/aromatic N) is 2. The van der Waals surface area contributed by atoms with Gasteiger partial charge in [-0.15, -0.1) is 0 Å². The molecule has 12 heteroatoms. The van der Waals surface area contributed by atoms with E-state index in [0.717, 1.165) is 5.56 Å². The number of carbonyl (C=O) groups excluding carboxylic acids is 4. The summed E-state index contributed by atoms with van der Waals surface area (Å²) in [4.78, 5) is 52.5. The van der Waals surface area contributed by atoms with E-state index in [9.17, 15) is 24.3 Å². The summed E-state index contributed by atoms with van der Waals surface area (Å²) in [6, 6.07) is 11.4. The van der Waals surface area contributed by atoms with Gasteiger partial charge in [0.05, 0.1) is 12.3 Å². The minimum atomic E-state index is -1.30. The Morgan fingerprint density at radius 2 is 1.78 bits per heavy atom. The maximum atomic E-state index is 14.0. The summed E-state index contributed by atoms with van der Waals surface area (Å²) in [5, 5.41) is 12.3. The van der Waals surface area contributed by atoms with Crippen LogP contribution >= 0.6 is 11.5 Å². The van der Waals surface area contributed by atoms with Crippen LogP contribution in [0.2, 0.25) is 0 Å². The third-order valence-electron chi connectivity index (χ3n) is 5.43. The van der Waals surface area contributed by atoms with E-state index < -0.39 is 36.3 Å². The Morgan fingerprint density at radius 3 is 2.38 bits per heavy atom. The first-order valence-corrected chi connectivity index (χ1v) is 12.2. The van der Waals surface area contributed by atoms with Crippen LogP contribution in [0.15, 0.2) is 48.5 Å². The van der Waals surface area contributed by atoms with Gasteiger partial charge in [0, 0.05) is 5.69 Å². The van der Waals surface area contributed by atoms with Gasteiger partial charge in [0.25, 0.3) is 11.8 Å². The second-order valence-corrected chi connectivity index (χ2v) is 8.59. The number of primary amides is 1. The summed E-state index contributed by atoms with van der Waals surface area (Å²) in [5.41, 5.74) is 12.5. The number of rotatable bonds is 10. The summed E-state index contributed by atoms with van der Waals surface area (Å²) in [6.07, 6.45) is 0.525. The third-order valence-corrected chi connectivity index (χ3v) is 6.29. The van der Waals surface area contributed by atoms with Gasteiger partial charge < -0.3 is 26.6 Å². The quantitative estimate of drug-likeness (QED) is 0.291. The molecule has 3 aromatic rings. The molecule has 0 unspecified atom stereocenters. The van der Waals surface area contributed by atoms with Gasteiger partial charge in [0.15, 0.2) is 5.69 Å². The van der Waals surface area contributed by atoms with Crippen LogP contribution in [0.25, 0.3) is 0 Å². The number of phenolic OH excluding ortho intramolecular Hbond substituents is 1. The Bertz CT molecular complexity index is 1310. The number of aromatic hydroxyl groups is 1. The number of phenols is 1. The lowest BCUT2D eigenvalue weighted by molar-refractivity contribution is -0.143. The molecule has 0 radical (unpaired) electrons. The third kappa shape index (κ3) is 6.04. The number of aromatic nitrogens is 1. The van der Waals surface area contributed by atoms with Crippen molar-refractivity contribution >= 4 is 46.6 Å². The van der Waals surface area contributed by atoms with Crippen molar-refractivity contribution in [1.29, 1.82) is 0 Å². The average molecular weight is 526 g/mol. The Morgan fingerprint density at radius 1 is 1.11 bits per heavy atom. The number of ether oxygens (including phenoxy) is 1. The molecule has 0 fully saturated rings. The highest BCUT2D eigenvalue weighted by Gasteiger charge is 2.37. The molecule has 11 nitrogen and oxygen atoms in total. The maximum Gasteiger partial charge on any atom is 0.325 e. The molecule has 0 aliphatic carbocycles. The van der Waals surface area contributed by atoms with Crippen molar-refractivity contribution in [3.05, 3.63) is 70.2 Å². The van der Waals surface area contributed by atoms with Crippen molar-refractivity contribution in [2.45, 2.75) is 26.3 Å². The molecule has 0 saturated carbocycles. The Hall–Kier alpha value is -4.45. The van der Waals surface area contributed by atoms with Crippen molar-refractivity contribution in [2.75, 3.05) is 23.8 Å². The van der Waals surface area contributed by atoms with E-state index in [1.54, 1.807) is 25.1 Å². The van der Waals surface area contributed by atoms with Gasteiger partial charge in [0.1, 0.15) is 23.2 Å². The average Bonchev–Trinajstić information content (AvgIpc) is 3.28. The van der Waals surface area contributed by atoms with Crippen LogP contribution in [0.3, 0.4) is 0 Å². The molecule has 0 saturated heterocycles. The Balaban J connectivity index is 2.20. The molecule has 6 N–H and O–H groups in total. The smallest absolute Gasteiger partial charge is 0.325 e. The van der Waals surface area contributed by atoms with Crippen molar-refractivity contribution in [3.63, 3.8) is 0 Å². The summed E-state index contributed by atoms with van der Waals surface area (Å²) in [5.74, 6) is -2.97. The minimum absolute atomic E-state index is 0.0425. The van der Waals surface area contributed by atoms with Crippen LogP contribution < -0.4 is 21.7 Å². The van der Waals surface area contributed by atoms with E-state index in [1.807, 2.05) is 13.0 Å². The van der Waals surface area contributed by atoms with Gasteiger partial charge in [-0.1, -0.05) is 37.3 Å². The van der Waals surface area contributed by atoms with Crippen LogP contribution in [0.4, 0.5) is 11.4 Å². The molecule has 3 amide bonds. The number of aryl methyl sites for hydroxylation is 1. The molecule has 3 rings (SSSR count). The first-order valence-electron chi connectivity index (χ1n) is 11.4. The number of hydrogen-bond donors (Lipinski definition) is 4. The molecule has 0 bridgehead atoms. The lowest BCUT2D eigenvalue weighted by Gasteiger charge is -2.32. The molecule has 194 valence electrons. The number of amides is 3. The van der Waals surface area contributed by atoms with Crippen molar-refractivity contribution in [1.82, 2.24) is 9.69 Å². The molecule has 1 heterocycles. The zero-order chi connectivity index (χ0) is 27.1. The molecule has 2 aromatic carbocycles. The van der Waals surface area contributed by atoms with E-state index in [-0.39, 0.29) is 28.6 Å². The Kier molecular flexibility index (Phi) is 8.80. The first-order chi connectivity index (χ1) is 17.7. The fraction of sp³-hybridized carbons (Fsp3) is 0.240. The highest BCUT2D eigenvalue weighted by atomic mass is 32.1. The van der Waals surface area contributed by atoms with Gasteiger partial charge in [-0.05, 0) is 54.2 Å². The number of nitrogens with two attached hydrogens (primary N) is 2. The number of esters is 1. The predicted octanol–water partition coefficient (Wildman–Crippen LogP) is 2.16. The number of carbonyl (C=O) groups is 4. The normalized spacial score (nSPS) is 11.4. The van der Waals surface area contributed by atoms with E-state index >= 15 is 0 Å². The fourth-order valence-electron chi connectivity index (χ4n) is 3.69. The van der Waals surface area contributed by atoms with E-state index in [1.165, 1.54) is 29.2 Å². The molecule has 1 aromatic heterocycles. The van der Waals surface area contributed by atoms with Gasteiger partial charge >= 0.3 is 5.97 Å². The maximum absolute atomic E-state index is 14.0. The van der Waals surface area contributed by atoms with Gasteiger partial charge in [-0.3, -0.25) is 24.1 Å². The topological polar surface area (TPSA) is 178 Å². The van der Waals surface area contributed by atoms with E-state index in [2.05, 4.69) is 9.69 Å². The highest BCUT2D eigenvalue weighted by molar-refractivity contribution is 7.09. The van der Waals surface area contributed by atoms with Crippen LogP contribution in [-0.2, 0) is 20.7 Å². The lowest BCUT2D eigenvalue weighted by Crippen LogP contribution is -2.45. The summed E-state index contributed by atoms with van der Waals surface area (Å²) in [6.45, 7) is 3.25. The van der Waals surface area contributed by atoms with Crippen LogP contribution in [0.1, 0.15) is 51.2 Å². The summed E-state index contributed by atoms with van der Waals surface area (Å²) < 4.78 is 8.82. The second-order valence-electron chi connectivity index (χ2n) is 7.81. The first kappa shape index (κ1) is 27.1. The number of nitrogens with one attached hydrogen (secondary N) is 1. The SMILES string of the molecule is CCOC(=O)CNC(=O)[C@H](c1ccc(O)cc1)N(C(=O)c1snc(C(N)=O)c1N)c1ccccc1CC. The minimum Gasteiger partial charge on any atom is -0.508 e. The van der Waals surface area contributed by atoms with E-state index in [4.69, 9.17) is 16.2 Å². The molecular weight excluding hydrogens is 498 g/mol. The van der Waals surface area contributed by atoms with Crippen LogP contribution in [-0.4, -0.2) is 46.3 Å². The van der Waals surface area contributed by atoms with Crippen LogP contribution in [0, 0.1) is 0 Å². The zero-order valence-corrected chi connectivity index (χ0v) is 21.1. The number of para-hydroxylation sites is 1. The highest BCUT2D eigenvalue weighted by Crippen LogP contribution is 2.35. The van der Waals surface area contributed by atoms with Crippen molar-refractivity contribution in [2.24, 2.45) is 5.73 Å². The number of benzene rings is 2. The van der Waals surface area contributed by atoms with Crippen molar-refractivity contribution in [3.8, 4) is 5.75 Å². The largest absolute Gasteiger partial charge is 0.508 e. The second kappa shape index (κ2) is 12.0. The Labute approximate surface area is 217 Å². The standard InChI is InChI=1S/C25H27N5O6S/c1-3-14-7-5-6-8-17(14)30(25(35)22-19(26)20(23(27)33)29-37-22)21(15-9-11-16(31)12-10-15)24(34)28-13-18(32)36-4-2/h5-12,21,31H,3-4,13,26H2,1-2H3,(H2,27,33)(H,28,34)/t21-/m0/s1. The summed E-state index contributed by atoms with van der Waals surface area (Å²) >= 11 is 0.688.